The van der Waals surface area contributed by atoms with Gasteiger partial charge in [-0.05, 0) is 36.1 Å². The Morgan fingerprint density at radius 1 is 1.00 bits per heavy atom. The molecule has 8 heteroatoms. The predicted molar refractivity (Wildman–Crippen MR) is 84.1 cm³/mol. The third kappa shape index (κ3) is 3.68. The lowest BCUT2D eigenvalue weighted by molar-refractivity contribution is -0.138. The maximum atomic E-state index is 13.1. The number of nitrogens with one attached hydrogen (secondary N) is 1. The van der Waals surface area contributed by atoms with Crippen LogP contribution in [0.2, 0.25) is 0 Å². The molecule has 2 aromatic rings. The van der Waals surface area contributed by atoms with Crippen LogP contribution in [0.25, 0.3) is 0 Å². The largest absolute Gasteiger partial charge is 0.416 e. The van der Waals surface area contributed by atoms with Crippen LogP contribution in [0.5, 0.6) is 0 Å². The molecule has 1 aliphatic rings. The zero-order valence-electron chi connectivity index (χ0n) is 12.8. The number of alkyl halides is 3. The molecule has 4 nitrogen and oxygen atoms in total. The van der Waals surface area contributed by atoms with Crippen LogP contribution < -0.4 is 4.72 Å². The van der Waals surface area contributed by atoms with Gasteiger partial charge >= 0.3 is 6.18 Å². The monoisotopic (exact) mass is 369 g/mol. The number of carbonyl (C=O) groups excluding carboxylic acids is 1. The van der Waals surface area contributed by atoms with E-state index in [0.29, 0.717) is 0 Å². The van der Waals surface area contributed by atoms with E-state index in [2.05, 4.69) is 0 Å². The molecule has 132 valence electrons. The van der Waals surface area contributed by atoms with Gasteiger partial charge < -0.3 is 0 Å². The molecule has 3 rings (SSSR count). The number of benzene rings is 2. The van der Waals surface area contributed by atoms with E-state index in [-0.39, 0.29) is 16.9 Å². The topological polar surface area (TPSA) is 63.2 Å². The third-order valence-corrected chi connectivity index (χ3v) is 5.44. The van der Waals surface area contributed by atoms with Crippen LogP contribution in [-0.4, -0.2) is 14.3 Å². The minimum absolute atomic E-state index is 0.0206. The lowest BCUT2D eigenvalue weighted by Gasteiger charge is -2.12. The van der Waals surface area contributed by atoms with Gasteiger partial charge in [0.1, 0.15) is 0 Å². The highest BCUT2D eigenvalue weighted by Gasteiger charge is 2.48. The summed E-state index contributed by atoms with van der Waals surface area (Å²) in [6, 6.07) is 12.4. The minimum atomic E-state index is -4.52. The summed E-state index contributed by atoms with van der Waals surface area (Å²) in [6.07, 6.45) is -4.33. The second kappa shape index (κ2) is 6.18. The fourth-order valence-electron chi connectivity index (χ4n) is 2.77. The van der Waals surface area contributed by atoms with Crippen LogP contribution in [0.3, 0.4) is 0 Å². The Morgan fingerprint density at radius 2 is 1.60 bits per heavy atom. The van der Waals surface area contributed by atoms with Gasteiger partial charge in [0.05, 0.1) is 10.5 Å². The number of hydrogen-bond acceptors (Lipinski definition) is 3. The van der Waals surface area contributed by atoms with Crippen molar-refractivity contribution in [1.82, 2.24) is 4.72 Å². The molecule has 2 atom stereocenters. The molecule has 2 unspecified atom stereocenters. The highest BCUT2D eigenvalue weighted by Crippen LogP contribution is 2.51. The van der Waals surface area contributed by atoms with Crippen molar-refractivity contribution in [2.75, 3.05) is 0 Å². The van der Waals surface area contributed by atoms with Crippen LogP contribution in [0.1, 0.15) is 23.5 Å². The SMILES string of the molecule is O=C(NS(=O)(=O)c1ccccc1)C1CC1c1ccccc1C(F)(F)F. The number of amides is 1. The predicted octanol–water partition coefficient (Wildman–Crippen LogP) is 3.31. The summed E-state index contributed by atoms with van der Waals surface area (Å²) in [5, 5.41) is 0. The molecule has 25 heavy (non-hydrogen) atoms. The molecule has 1 saturated carbocycles. The highest BCUT2D eigenvalue weighted by atomic mass is 32.2. The van der Waals surface area contributed by atoms with Crippen molar-refractivity contribution in [3.8, 4) is 0 Å². The Bertz CT molecular complexity index is 895. The van der Waals surface area contributed by atoms with Crippen LogP contribution in [0, 0.1) is 5.92 Å². The van der Waals surface area contributed by atoms with Crippen molar-refractivity contribution in [2.24, 2.45) is 5.92 Å². The zero-order chi connectivity index (χ0) is 18.2. The lowest BCUT2D eigenvalue weighted by Crippen LogP contribution is -2.32. The maximum absolute atomic E-state index is 13.1. The molecule has 2 aromatic carbocycles. The lowest BCUT2D eigenvalue weighted by atomic mass is 10.0. The molecule has 1 fully saturated rings. The van der Waals surface area contributed by atoms with Gasteiger partial charge in [-0.1, -0.05) is 36.4 Å². The zero-order valence-corrected chi connectivity index (χ0v) is 13.6. The molecule has 0 spiro atoms. The van der Waals surface area contributed by atoms with Gasteiger partial charge in [-0.3, -0.25) is 4.79 Å². The standard InChI is InChI=1S/C17H14F3NO3S/c18-17(19,20)15-9-5-4-8-12(15)13-10-14(13)16(22)21-25(23,24)11-6-2-1-3-7-11/h1-9,13-14H,10H2,(H,21,22). The first-order chi connectivity index (χ1) is 11.7. The van der Waals surface area contributed by atoms with Crippen molar-refractivity contribution in [1.29, 1.82) is 0 Å². The maximum Gasteiger partial charge on any atom is 0.416 e. The number of sulfonamides is 1. The van der Waals surface area contributed by atoms with Gasteiger partial charge in [-0.15, -0.1) is 0 Å². The van der Waals surface area contributed by atoms with E-state index >= 15 is 0 Å². The minimum Gasteiger partial charge on any atom is -0.274 e. The molecule has 0 aliphatic heterocycles. The molecule has 0 heterocycles. The van der Waals surface area contributed by atoms with Crippen LogP contribution in [0.4, 0.5) is 13.2 Å². The fraction of sp³-hybridized carbons (Fsp3) is 0.235. The van der Waals surface area contributed by atoms with E-state index in [1.807, 2.05) is 4.72 Å². The summed E-state index contributed by atoms with van der Waals surface area (Å²) in [5.41, 5.74) is -0.770. The average molecular weight is 369 g/mol. The van der Waals surface area contributed by atoms with Gasteiger partial charge in [0.2, 0.25) is 5.91 Å². The summed E-state index contributed by atoms with van der Waals surface area (Å²) in [4.78, 5) is 12.1. The van der Waals surface area contributed by atoms with Crippen molar-refractivity contribution >= 4 is 15.9 Å². The molecule has 0 radical (unpaired) electrons. The van der Waals surface area contributed by atoms with Gasteiger partial charge in [-0.25, -0.2) is 13.1 Å². The second-order valence-electron chi connectivity index (χ2n) is 5.82. The Labute approximate surface area is 142 Å². The molecule has 0 bridgehead atoms. The van der Waals surface area contributed by atoms with Gasteiger partial charge in [0.25, 0.3) is 10.0 Å². The molecule has 1 amide bonds. The Hall–Kier alpha value is -2.35. The van der Waals surface area contributed by atoms with E-state index in [9.17, 15) is 26.4 Å². The summed E-state index contributed by atoms with van der Waals surface area (Å²) in [6.45, 7) is 0. The molecular formula is C17H14F3NO3S. The number of hydrogen-bond donors (Lipinski definition) is 1. The van der Waals surface area contributed by atoms with Crippen molar-refractivity contribution in [3.05, 3.63) is 65.7 Å². The van der Waals surface area contributed by atoms with Gasteiger partial charge in [0.15, 0.2) is 0 Å². The summed E-state index contributed by atoms with van der Waals surface area (Å²) in [5.74, 6) is -2.21. The summed E-state index contributed by atoms with van der Waals surface area (Å²) in [7, 11) is -4.03. The highest BCUT2D eigenvalue weighted by molar-refractivity contribution is 7.90. The normalized spacial score (nSPS) is 20.1. The van der Waals surface area contributed by atoms with Gasteiger partial charge in [0, 0.05) is 5.92 Å². The molecular weight excluding hydrogens is 355 g/mol. The van der Waals surface area contributed by atoms with Crippen molar-refractivity contribution < 1.29 is 26.4 Å². The van der Waals surface area contributed by atoms with E-state index < -0.39 is 39.5 Å². The van der Waals surface area contributed by atoms with E-state index in [1.54, 1.807) is 6.07 Å². The number of carbonyl (C=O) groups is 1. The molecule has 0 saturated heterocycles. The fourth-order valence-corrected chi connectivity index (χ4v) is 3.82. The first-order valence-corrected chi connectivity index (χ1v) is 8.96. The van der Waals surface area contributed by atoms with Crippen LogP contribution in [0.15, 0.2) is 59.5 Å². The smallest absolute Gasteiger partial charge is 0.274 e. The molecule has 1 N–H and O–H groups in total. The molecule has 1 aliphatic carbocycles. The number of rotatable bonds is 4. The second-order valence-corrected chi connectivity index (χ2v) is 7.50. The third-order valence-electron chi connectivity index (χ3n) is 4.08. The Morgan fingerprint density at radius 3 is 2.24 bits per heavy atom. The van der Waals surface area contributed by atoms with Crippen molar-refractivity contribution in [3.63, 3.8) is 0 Å². The van der Waals surface area contributed by atoms with E-state index in [4.69, 9.17) is 0 Å². The first-order valence-electron chi connectivity index (χ1n) is 7.48. The number of halogens is 3. The van der Waals surface area contributed by atoms with E-state index in [1.165, 1.54) is 42.5 Å². The quantitative estimate of drug-likeness (QED) is 0.899. The molecule has 0 aromatic heterocycles. The van der Waals surface area contributed by atoms with E-state index in [0.717, 1.165) is 6.07 Å². The average Bonchev–Trinajstić information content (AvgIpc) is 3.35. The van der Waals surface area contributed by atoms with Crippen molar-refractivity contribution in [2.45, 2.75) is 23.4 Å². The van der Waals surface area contributed by atoms with Crippen LogP contribution in [-0.2, 0) is 21.0 Å². The Kier molecular flexibility index (Phi) is 4.32. The summed E-state index contributed by atoms with van der Waals surface area (Å²) >= 11 is 0. The summed E-state index contributed by atoms with van der Waals surface area (Å²) < 4.78 is 65.4. The van der Waals surface area contributed by atoms with Gasteiger partial charge in [-0.2, -0.15) is 13.2 Å². The Balaban J connectivity index is 1.76. The van der Waals surface area contributed by atoms with Crippen LogP contribution >= 0.6 is 0 Å². The first kappa shape index (κ1) is 17.5.